The molecule has 4 nitrogen and oxygen atoms in total. The van der Waals surface area contributed by atoms with Gasteiger partial charge in [0.1, 0.15) is 18.9 Å². The van der Waals surface area contributed by atoms with Crippen molar-refractivity contribution in [3.05, 3.63) is 33.6 Å². The maximum atomic E-state index is 12.9. The fourth-order valence-corrected chi connectivity index (χ4v) is 2.21. The molecule has 0 amide bonds. The van der Waals surface area contributed by atoms with Crippen molar-refractivity contribution in [1.82, 2.24) is 4.98 Å². The van der Waals surface area contributed by atoms with Gasteiger partial charge >= 0.3 is 6.18 Å². The van der Waals surface area contributed by atoms with Crippen LogP contribution in [0.15, 0.2) is 16.9 Å². The van der Waals surface area contributed by atoms with Crippen LogP contribution in [0.5, 0.6) is 11.5 Å². The number of nitrogens with one attached hydrogen (secondary N) is 1. The van der Waals surface area contributed by atoms with E-state index in [1.165, 1.54) is 12.1 Å². The van der Waals surface area contributed by atoms with E-state index in [1.54, 1.807) is 0 Å². The van der Waals surface area contributed by atoms with Crippen molar-refractivity contribution in [1.29, 1.82) is 0 Å². The van der Waals surface area contributed by atoms with E-state index in [0.29, 0.717) is 24.7 Å². The molecule has 0 unspecified atom stereocenters. The highest BCUT2D eigenvalue weighted by atomic mass is 19.4. The third kappa shape index (κ3) is 1.90. The molecule has 0 bridgehead atoms. The highest BCUT2D eigenvalue weighted by Gasteiger charge is 2.35. The zero-order chi connectivity index (χ0) is 14.5. The number of hydrogen-bond donors (Lipinski definition) is 1. The second kappa shape index (κ2) is 4.16. The molecule has 1 aromatic heterocycles. The molecule has 2 heterocycles. The Balaban J connectivity index is 2.34. The normalized spacial score (nSPS) is 14.6. The van der Waals surface area contributed by atoms with Crippen LogP contribution in [-0.4, -0.2) is 18.2 Å². The third-order valence-corrected chi connectivity index (χ3v) is 3.19. The molecule has 1 aromatic carbocycles. The van der Waals surface area contributed by atoms with Gasteiger partial charge in [0.05, 0.1) is 5.52 Å². The number of alkyl halides is 3. The molecule has 2 aromatic rings. The Morgan fingerprint density at radius 1 is 1.15 bits per heavy atom. The van der Waals surface area contributed by atoms with Gasteiger partial charge in [0.25, 0.3) is 0 Å². The van der Waals surface area contributed by atoms with Crippen LogP contribution in [0.3, 0.4) is 0 Å². The van der Waals surface area contributed by atoms with Crippen LogP contribution in [-0.2, 0) is 6.18 Å². The van der Waals surface area contributed by atoms with Gasteiger partial charge in [-0.25, -0.2) is 0 Å². The lowest BCUT2D eigenvalue weighted by atomic mass is 10.1. The summed E-state index contributed by atoms with van der Waals surface area (Å²) in [7, 11) is 0. The Labute approximate surface area is 111 Å². The maximum absolute atomic E-state index is 12.9. The standard InChI is InChI=1S/C13H10F3NO3/c1-6-11(18)7-4-9-10(20-3-2-19-9)5-8(7)17-12(6)13(14,15)16/h4-5H,2-3H2,1H3,(H,17,18). The van der Waals surface area contributed by atoms with Gasteiger partial charge < -0.3 is 14.5 Å². The van der Waals surface area contributed by atoms with Gasteiger partial charge in [-0.2, -0.15) is 13.2 Å². The zero-order valence-corrected chi connectivity index (χ0v) is 10.4. The van der Waals surface area contributed by atoms with Gasteiger partial charge in [0.15, 0.2) is 16.9 Å². The number of H-pyrrole nitrogens is 1. The molecule has 1 aliphatic rings. The minimum Gasteiger partial charge on any atom is -0.486 e. The van der Waals surface area contributed by atoms with Gasteiger partial charge in [-0.05, 0) is 13.0 Å². The largest absolute Gasteiger partial charge is 0.486 e. The lowest BCUT2D eigenvalue weighted by Gasteiger charge is -2.19. The molecule has 0 aliphatic carbocycles. The Bertz CT molecular complexity index is 749. The lowest BCUT2D eigenvalue weighted by Crippen LogP contribution is -2.20. The van der Waals surface area contributed by atoms with E-state index in [1.807, 2.05) is 0 Å². The van der Waals surface area contributed by atoms with Crippen LogP contribution in [0.4, 0.5) is 13.2 Å². The number of pyridine rings is 1. The summed E-state index contributed by atoms with van der Waals surface area (Å²) in [5.41, 5.74) is -1.98. The van der Waals surface area contributed by atoms with Crippen LogP contribution in [0.1, 0.15) is 11.3 Å². The molecular formula is C13H10F3NO3. The summed E-state index contributed by atoms with van der Waals surface area (Å²) in [6, 6.07) is 2.77. The Morgan fingerprint density at radius 3 is 2.35 bits per heavy atom. The number of halogens is 3. The summed E-state index contributed by atoms with van der Waals surface area (Å²) in [5.74, 6) is 0.699. The molecule has 0 saturated heterocycles. The maximum Gasteiger partial charge on any atom is 0.431 e. The molecule has 0 spiro atoms. The van der Waals surface area contributed by atoms with Gasteiger partial charge in [0.2, 0.25) is 0 Å². The fourth-order valence-electron chi connectivity index (χ4n) is 2.21. The predicted octanol–water partition coefficient (Wildman–Crippen LogP) is 2.63. The summed E-state index contributed by atoms with van der Waals surface area (Å²) >= 11 is 0. The van der Waals surface area contributed by atoms with Gasteiger partial charge in [-0.1, -0.05) is 0 Å². The van der Waals surface area contributed by atoms with E-state index in [0.717, 1.165) is 6.92 Å². The van der Waals surface area contributed by atoms with Crippen LogP contribution < -0.4 is 14.9 Å². The Morgan fingerprint density at radius 2 is 1.75 bits per heavy atom. The number of aromatic nitrogens is 1. The van der Waals surface area contributed by atoms with E-state index >= 15 is 0 Å². The fraction of sp³-hybridized carbons (Fsp3) is 0.308. The Hall–Kier alpha value is -2.18. The summed E-state index contributed by atoms with van der Waals surface area (Å²) in [4.78, 5) is 14.3. The average Bonchev–Trinajstić information content (AvgIpc) is 2.40. The molecule has 0 fully saturated rings. The first kappa shape index (κ1) is 12.8. The van der Waals surface area contributed by atoms with Gasteiger partial charge in [0, 0.05) is 17.0 Å². The van der Waals surface area contributed by atoms with Crippen molar-refractivity contribution in [3.8, 4) is 11.5 Å². The third-order valence-electron chi connectivity index (χ3n) is 3.19. The molecule has 0 radical (unpaired) electrons. The smallest absolute Gasteiger partial charge is 0.431 e. The zero-order valence-electron chi connectivity index (χ0n) is 10.4. The first-order valence-electron chi connectivity index (χ1n) is 5.91. The van der Waals surface area contributed by atoms with Crippen molar-refractivity contribution in [2.24, 2.45) is 0 Å². The SMILES string of the molecule is Cc1c(C(F)(F)F)[nH]c2cc3c(cc2c1=O)OCCO3. The van der Waals surface area contributed by atoms with Crippen molar-refractivity contribution in [2.45, 2.75) is 13.1 Å². The molecule has 7 heteroatoms. The van der Waals surface area contributed by atoms with Crippen LogP contribution in [0, 0.1) is 6.92 Å². The van der Waals surface area contributed by atoms with Crippen molar-refractivity contribution in [2.75, 3.05) is 13.2 Å². The number of fused-ring (bicyclic) bond motifs is 2. The van der Waals surface area contributed by atoms with Crippen LogP contribution in [0.25, 0.3) is 10.9 Å². The minimum absolute atomic E-state index is 0.0807. The van der Waals surface area contributed by atoms with E-state index in [-0.39, 0.29) is 16.5 Å². The van der Waals surface area contributed by atoms with Crippen molar-refractivity contribution in [3.63, 3.8) is 0 Å². The first-order valence-corrected chi connectivity index (χ1v) is 5.91. The number of rotatable bonds is 0. The summed E-state index contributed by atoms with van der Waals surface area (Å²) in [6.07, 6.45) is -4.61. The van der Waals surface area contributed by atoms with Crippen LogP contribution in [0.2, 0.25) is 0 Å². The van der Waals surface area contributed by atoms with E-state index in [2.05, 4.69) is 4.98 Å². The monoisotopic (exact) mass is 285 g/mol. The predicted molar refractivity (Wildman–Crippen MR) is 65.3 cm³/mol. The highest BCUT2D eigenvalue weighted by molar-refractivity contribution is 5.83. The minimum atomic E-state index is -4.61. The van der Waals surface area contributed by atoms with Crippen molar-refractivity contribution >= 4 is 10.9 Å². The molecule has 1 N–H and O–H groups in total. The summed E-state index contributed by atoms with van der Waals surface area (Å²) < 4.78 is 49.2. The molecule has 3 rings (SSSR count). The highest BCUT2D eigenvalue weighted by Crippen LogP contribution is 2.35. The summed E-state index contributed by atoms with van der Waals surface area (Å²) in [5, 5.41) is 0.153. The second-order valence-electron chi connectivity index (χ2n) is 4.49. The average molecular weight is 285 g/mol. The first-order chi connectivity index (χ1) is 9.38. The quantitative estimate of drug-likeness (QED) is 0.809. The van der Waals surface area contributed by atoms with E-state index in [4.69, 9.17) is 9.47 Å². The molecule has 1 aliphatic heterocycles. The van der Waals surface area contributed by atoms with Gasteiger partial charge in [-0.15, -0.1) is 0 Å². The Kier molecular flexibility index (Phi) is 2.67. The molecular weight excluding hydrogens is 275 g/mol. The van der Waals surface area contributed by atoms with Crippen molar-refractivity contribution < 1.29 is 22.6 Å². The topological polar surface area (TPSA) is 51.3 Å². The number of benzene rings is 1. The van der Waals surface area contributed by atoms with E-state index in [9.17, 15) is 18.0 Å². The molecule has 20 heavy (non-hydrogen) atoms. The van der Waals surface area contributed by atoms with Gasteiger partial charge in [-0.3, -0.25) is 4.79 Å². The lowest BCUT2D eigenvalue weighted by molar-refractivity contribution is -0.141. The molecule has 106 valence electrons. The second-order valence-corrected chi connectivity index (χ2v) is 4.49. The van der Waals surface area contributed by atoms with Crippen LogP contribution >= 0.6 is 0 Å². The number of aromatic amines is 1. The number of hydrogen-bond acceptors (Lipinski definition) is 3. The molecule has 0 saturated carbocycles. The van der Waals surface area contributed by atoms with E-state index < -0.39 is 17.3 Å². The summed E-state index contributed by atoms with van der Waals surface area (Å²) in [6.45, 7) is 1.81. The molecule has 0 atom stereocenters. The number of ether oxygens (including phenoxy) is 2.